The minimum Gasteiger partial charge on any atom is -0.505 e. The summed E-state index contributed by atoms with van der Waals surface area (Å²) in [5.74, 6) is -0.873. The Morgan fingerprint density at radius 2 is 1.00 bits per heavy atom. The van der Waals surface area contributed by atoms with Gasteiger partial charge < -0.3 is 38.9 Å². The molecule has 0 unspecified atom stereocenters. The third kappa shape index (κ3) is 9.59. The lowest BCUT2D eigenvalue weighted by Crippen LogP contribution is -2.26. The molecule has 6 aromatic carbocycles. The fourth-order valence-corrected chi connectivity index (χ4v) is 8.50. The summed E-state index contributed by atoms with van der Waals surface area (Å²) >= 11 is 0. The second-order valence-corrected chi connectivity index (χ2v) is 17.3. The number of halogens is 2. The van der Waals surface area contributed by atoms with E-state index in [1.165, 1.54) is 45.2 Å². The predicted octanol–water partition coefficient (Wildman–Crippen LogP) is 10.1. The molecule has 2 aliphatic rings. The molecule has 0 saturated carbocycles. The highest BCUT2D eigenvalue weighted by Crippen LogP contribution is 2.47. The van der Waals surface area contributed by atoms with Gasteiger partial charge in [-0.25, -0.2) is 18.4 Å². The molecular formula is C55H46F2N6O8. The van der Waals surface area contributed by atoms with Crippen LogP contribution in [0.25, 0.3) is 21.8 Å². The van der Waals surface area contributed by atoms with E-state index in [9.17, 15) is 33.1 Å². The van der Waals surface area contributed by atoms with Crippen LogP contribution in [-0.4, -0.2) is 86.9 Å². The molecule has 0 aliphatic carbocycles. The zero-order chi connectivity index (χ0) is 49.9. The third-order valence-corrected chi connectivity index (χ3v) is 12.0. The molecule has 0 bridgehead atoms. The van der Waals surface area contributed by atoms with Crippen molar-refractivity contribution in [3.8, 4) is 23.0 Å². The average Bonchev–Trinajstić information content (AvgIpc) is 3.88. The van der Waals surface area contributed by atoms with E-state index in [4.69, 9.17) is 14.2 Å². The van der Waals surface area contributed by atoms with Gasteiger partial charge in [-0.3, -0.25) is 19.6 Å². The number of hydrogen-bond acceptors (Lipinski definition) is 10. The first-order valence-corrected chi connectivity index (χ1v) is 22.5. The molecule has 14 nitrogen and oxygen atoms in total. The maximum atomic E-state index is 14.2. The van der Waals surface area contributed by atoms with E-state index in [2.05, 4.69) is 9.97 Å². The maximum absolute atomic E-state index is 14.2. The summed E-state index contributed by atoms with van der Waals surface area (Å²) in [4.78, 5) is 66.7. The van der Waals surface area contributed by atoms with Crippen LogP contribution in [0.15, 0.2) is 146 Å². The van der Waals surface area contributed by atoms with Gasteiger partial charge in [0.2, 0.25) is 0 Å². The molecule has 8 aromatic rings. The Morgan fingerprint density at radius 3 is 1.46 bits per heavy atom. The molecule has 10 rings (SSSR count). The van der Waals surface area contributed by atoms with E-state index in [0.717, 1.165) is 22.3 Å². The topological polar surface area (TPSA) is 155 Å². The monoisotopic (exact) mass is 956 g/mol. The van der Waals surface area contributed by atoms with Crippen LogP contribution in [0.3, 0.4) is 0 Å². The van der Waals surface area contributed by atoms with Gasteiger partial charge in [-0.05, 0) is 70.8 Å². The van der Waals surface area contributed by atoms with Crippen molar-refractivity contribution < 1.29 is 47.3 Å². The van der Waals surface area contributed by atoms with Gasteiger partial charge in [0.15, 0.2) is 11.5 Å². The highest BCUT2D eigenvalue weighted by Gasteiger charge is 2.39. The minimum absolute atomic E-state index is 0.0693. The second-order valence-electron chi connectivity index (χ2n) is 17.3. The first-order chi connectivity index (χ1) is 34.3. The summed E-state index contributed by atoms with van der Waals surface area (Å²) in [7, 11) is 6.29. The number of ether oxygens (including phenoxy) is 3. The molecule has 16 heteroatoms. The van der Waals surface area contributed by atoms with Crippen molar-refractivity contribution in [1.29, 1.82) is 0 Å². The Morgan fingerprint density at radius 1 is 0.577 bits per heavy atom. The van der Waals surface area contributed by atoms with Crippen molar-refractivity contribution >= 4 is 45.8 Å². The fraction of sp³-hybridized carbons (Fsp3) is 0.164. The number of carbonyl (C=O) groups excluding carboxylic acids is 4. The molecule has 4 heterocycles. The molecule has 0 fully saturated rings. The maximum Gasteiger partial charge on any atom is 0.414 e. The molecule has 0 radical (unpaired) electrons. The lowest BCUT2D eigenvalue weighted by molar-refractivity contribution is 0.0755. The number of benzene rings is 6. The Hall–Kier alpha value is -8.92. The van der Waals surface area contributed by atoms with E-state index >= 15 is 0 Å². The highest BCUT2D eigenvalue weighted by atomic mass is 19.1. The minimum atomic E-state index is -0.604. The lowest BCUT2D eigenvalue weighted by Gasteiger charge is -2.23. The van der Waals surface area contributed by atoms with Crippen molar-refractivity contribution in [3.63, 3.8) is 0 Å². The first-order valence-electron chi connectivity index (χ1n) is 22.5. The quantitative estimate of drug-likeness (QED) is 0.140. The molecule has 4 amide bonds. The SMILES string of the molecule is CN(C)C(=O)Oc1c2c(c(O)c3ncccc13)C(=O)N(Cc1ccc(F)cc1)C2.CN(C)C(=O)Oc1c2c(c(OC(c3ccccc3)c3ccccc3)c3ncccc13)C(=O)N(Cc1ccc(F)cc1)C2. The van der Waals surface area contributed by atoms with E-state index in [1.54, 1.807) is 87.8 Å². The van der Waals surface area contributed by atoms with Crippen LogP contribution in [0.2, 0.25) is 0 Å². The van der Waals surface area contributed by atoms with Crippen molar-refractivity contribution in [2.45, 2.75) is 32.3 Å². The second kappa shape index (κ2) is 20.0. The number of phenols is 1. The van der Waals surface area contributed by atoms with Gasteiger partial charge in [0, 0.05) is 75.6 Å². The number of phenolic OH excluding ortho intramolecular Hbond substituents is 1. The Labute approximate surface area is 406 Å². The lowest BCUT2D eigenvalue weighted by atomic mass is 9.99. The van der Waals surface area contributed by atoms with Gasteiger partial charge in [-0.15, -0.1) is 0 Å². The van der Waals surface area contributed by atoms with Crippen molar-refractivity contribution in [2.75, 3.05) is 28.2 Å². The van der Waals surface area contributed by atoms with Crippen molar-refractivity contribution in [2.24, 2.45) is 0 Å². The Bertz CT molecular complexity index is 3280. The molecule has 2 aromatic heterocycles. The summed E-state index contributed by atoms with van der Waals surface area (Å²) in [6.45, 7) is 0.765. The van der Waals surface area contributed by atoms with Crippen LogP contribution in [0, 0.1) is 11.6 Å². The van der Waals surface area contributed by atoms with Gasteiger partial charge in [0.25, 0.3) is 11.8 Å². The number of hydrogen-bond donors (Lipinski definition) is 1. The smallest absolute Gasteiger partial charge is 0.414 e. The number of nitrogens with zero attached hydrogens (tertiary/aromatic N) is 6. The predicted molar refractivity (Wildman–Crippen MR) is 260 cm³/mol. The summed E-state index contributed by atoms with van der Waals surface area (Å²) < 4.78 is 45.0. The largest absolute Gasteiger partial charge is 0.505 e. The summed E-state index contributed by atoms with van der Waals surface area (Å²) in [6, 6.07) is 38.3. The van der Waals surface area contributed by atoms with E-state index in [-0.39, 0.29) is 72.0 Å². The highest BCUT2D eigenvalue weighted by molar-refractivity contribution is 6.10. The zero-order valence-corrected chi connectivity index (χ0v) is 39.0. The number of carbonyl (C=O) groups is 4. The van der Waals surface area contributed by atoms with E-state index in [0.29, 0.717) is 38.7 Å². The zero-order valence-electron chi connectivity index (χ0n) is 39.0. The van der Waals surface area contributed by atoms with Crippen LogP contribution in [-0.2, 0) is 26.2 Å². The number of amides is 4. The standard InChI is InChI=1S/C34H28FN3O4.C21H18FN3O4/c1-37(2)34(40)42-31-26-14-9-19-36-29(26)32(41-30(23-10-5-3-6-11-23)24-12-7-4-8-13-24)28-27(31)21-38(33(28)39)20-22-15-17-25(35)18-16-22;1-24(2)21(28)29-19-14-4-3-9-23-17(14)18(26)16-15(19)11-25(20(16)27)10-12-5-7-13(22)8-6-12/h3-19,30H,20-21H2,1-2H3;3-9,26H,10-11H2,1-2H3. The molecule has 2 aliphatic heterocycles. The molecule has 358 valence electrons. The fourth-order valence-electron chi connectivity index (χ4n) is 8.50. The molecule has 1 N–H and O–H groups in total. The number of aromatic nitrogens is 2. The Kier molecular flexibility index (Phi) is 13.3. The molecular weight excluding hydrogens is 911 g/mol. The summed E-state index contributed by atoms with van der Waals surface area (Å²) in [5, 5.41) is 11.7. The van der Waals surface area contributed by atoms with Gasteiger partial charge in [-0.2, -0.15) is 0 Å². The molecule has 71 heavy (non-hydrogen) atoms. The number of pyridine rings is 2. The normalized spacial score (nSPS) is 12.7. The first kappa shape index (κ1) is 47.2. The Balaban J connectivity index is 0.000000188. The number of aromatic hydroxyl groups is 1. The van der Waals surface area contributed by atoms with Gasteiger partial charge in [0.05, 0.1) is 24.2 Å². The van der Waals surface area contributed by atoms with Gasteiger partial charge in [0.1, 0.15) is 40.3 Å². The van der Waals surface area contributed by atoms with Crippen LogP contribution in [0.5, 0.6) is 23.0 Å². The molecule has 0 spiro atoms. The van der Waals surface area contributed by atoms with Crippen LogP contribution in [0.4, 0.5) is 18.4 Å². The van der Waals surface area contributed by atoms with Crippen molar-refractivity contribution in [1.82, 2.24) is 29.6 Å². The van der Waals surface area contributed by atoms with Crippen LogP contribution >= 0.6 is 0 Å². The van der Waals surface area contributed by atoms with E-state index < -0.39 is 24.2 Å². The van der Waals surface area contributed by atoms with Crippen LogP contribution < -0.4 is 14.2 Å². The molecule has 0 atom stereocenters. The average molecular weight is 957 g/mol. The van der Waals surface area contributed by atoms with Gasteiger partial charge >= 0.3 is 12.2 Å². The molecule has 0 saturated heterocycles. The summed E-state index contributed by atoms with van der Waals surface area (Å²) in [6.07, 6.45) is 1.38. The number of rotatable bonds is 10. The van der Waals surface area contributed by atoms with Crippen LogP contribution in [0.1, 0.15) is 60.2 Å². The third-order valence-electron chi connectivity index (χ3n) is 12.0. The van der Waals surface area contributed by atoms with Gasteiger partial charge in [-0.1, -0.05) is 84.9 Å². The van der Waals surface area contributed by atoms with Crippen molar-refractivity contribution in [3.05, 3.63) is 202 Å². The van der Waals surface area contributed by atoms with E-state index in [1.807, 2.05) is 60.7 Å². The summed E-state index contributed by atoms with van der Waals surface area (Å²) in [5.41, 5.74) is 5.22. The number of fused-ring (bicyclic) bond motifs is 4.